The fraction of sp³-hybridized carbons (Fsp3) is 0.364. The van der Waals surface area contributed by atoms with Crippen molar-refractivity contribution in [3.05, 3.63) is 78.7 Å². The molecule has 0 aliphatic carbocycles. The maximum absolute atomic E-state index is 13.1. The number of nitrogens with one attached hydrogen (secondary N) is 3. The number of likely N-dealkylation sites (tertiary alicyclic amines) is 1. The van der Waals surface area contributed by atoms with Gasteiger partial charge in [0.1, 0.15) is 23.5 Å². The largest absolute Gasteiger partial charge is 0.377 e. The molecule has 3 fully saturated rings. The Morgan fingerprint density at radius 1 is 1.04 bits per heavy atom. The van der Waals surface area contributed by atoms with E-state index in [0.717, 1.165) is 79.1 Å². The van der Waals surface area contributed by atoms with Gasteiger partial charge < -0.3 is 25.3 Å². The van der Waals surface area contributed by atoms with Crippen LogP contribution in [0.4, 0.5) is 15.9 Å². The van der Waals surface area contributed by atoms with E-state index in [9.17, 15) is 14.0 Å². The number of ether oxygens (including phenoxy) is 1. The van der Waals surface area contributed by atoms with Crippen LogP contribution in [0, 0.1) is 0 Å². The zero-order valence-electron chi connectivity index (χ0n) is 24.8. The highest BCUT2D eigenvalue weighted by Gasteiger charge is 2.39. The third kappa shape index (κ3) is 6.16. The van der Waals surface area contributed by atoms with E-state index in [0.29, 0.717) is 36.6 Å². The Hall–Kier alpha value is -4.68. The van der Waals surface area contributed by atoms with Crippen LogP contribution in [-0.4, -0.2) is 81.1 Å². The first-order chi connectivity index (χ1) is 21.9. The Labute approximate surface area is 259 Å². The first-order valence-corrected chi connectivity index (χ1v) is 15.4. The van der Waals surface area contributed by atoms with Gasteiger partial charge in [0.15, 0.2) is 5.83 Å². The van der Waals surface area contributed by atoms with E-state index < -0.39 is 11.7 Å². The summed E-state index contributed by atoms with van der Waals surface area (Å²) >= 11 is 0. The third-order valence-electron chi connectivity index (χ3n) is 8.89. The lowest BCUT2D eigenvalue weighted by atomic mass is 10.0. The van der Waals surface area contributed by atoms with Crippen molar-refractivity contribution in [2.24, 2.45) is 0 Å². The number of carbonyl (C=O) groups is 2. The molecular weight excluding hydrogens is 575 g/mol. The van der Waals surface area contributed by atoms with E-state index in [-0.39, 0.29) is 11.9 Å². The molecule has 0 spiro atoms. The van der Waals surface area contributed by atoms with E-state index in [1.54, 1.807) is 18.6 Å². The summed E-state index contributed by atoms with van der Waals surface area (Å²) in [5.41, 5.74) is 4.58. The number of fused-ring (bicyclic) bond motifs is 3. The lowest BCUT2D eigenvalue weighted by molar-refractivity contribution is -0.119. The van der Waals surface area contributed by atoms with E-state index in [1.165, 1.54) is 0 Å². The number of morpholine rings is 1. The van der Waals surface area contributed by atoms with Gasteiger partial charge in [0, 0.05) is 36.7 Å². The van der Waals surface area contributed by atoms with Crippen LogP contribution in [-0.2, 0) is 16.1 Å². The molecule has 7 rings (SSSR count). The molecule has 45 heavy (non-hydrogen) atoms. The molecule has 232 valence electrons. The van der Waals surface area contributed by atoms with Crippen LogP contribution in [0.1, 0.15) is 41.7 Å². The number of pyridine rings is 1. The predicted octanol–water partition coefficient (Wildman–Crippen LogP) is 4.20. The Morgan fingerprint density at radius 2 is 1.84 bits per heavy atom. The van der Waals surface area contributed by atoms with E-state index >= 15 is 0 Å². The zero-order valence-corrected chi connectivity index (χ0v) is 24.8. The molecule has 3 aliphatic heterocycles. The van der Waals surface area contributed by atoms with Gasteiger partial charge in [-0.3, -0.25) is 19.5 Å². The summed E-state index contributed by atoms with van der Waals surface area (Å²) in [7, 11) is 0. The van der Waals surface area contributed by atoms with Gasteiger partial charge in [-0.15, -0.1) is 0 Å². The number of hydrogen-bond acceptors (Lipinski definition) is 8. The Kier molecular flexibility index (Phi) is 7.99. The highest BCUT2D eigenvalue weighted by Crippen LogP contribution is 2.37. The van der Waals surface area contributed by atoms with Crippen molar-refractivity contribution in [2.75, 3.05) is 36.5 Å². The van der Waals surface area contributed by atoms with Gasteiger partial charge in [-0.05, 0) is 73.7 Å². The topological polar surface area (TPSA) is 128 Å². The summed E-state index contributed by atoms with van der Waals surface area (Å²) in [5.74, 6) is -1.10. The van der Waals surface area contributed by atoms with Gasteiger partial charge in [-0.25, -0.2) is 14.4 Å². The summed E-state index contributed by atoms with van der Waals surface area (Å²) in [6.07, 6.45) is 7.12. The second-order valence-corrected chi connectivity index (χ2v) is 12.0. The van der Waals surface area contributed by atoms with Crippen LogP contribution in [0.2, 0.25) is 0 Å². The molecule has 0 radical (unpaired) electrons. The third-order valence-corrected chi connectivity index (χ3v) is 8.89. The van der Waals surface area contributed by atoms with Crippen LogP contribution in [0.15, 0.2) is 67.4 Å². The predicted molar refractivity (Wildman–Crippen MR) is 168 cm³/mol. The smallest absolute Gasteiger partial charge is 0.279 e. The second kappa shape index (κ2) is 12.4. The molecule has 3 unspecified atom stereocenters. The zero-order chi connectivity index (χ0) is 30.9. The van der Waals surface area contributed by atoms with Crippen molar-refractivity contribution < 1.29 is 18.7 Å². The number of aromatic nitrogens is 4. The summed E-state index contributed by atoms with van der Waals surface area (Å²) < 4.78 is 18.9. The number of H-pyrrole nitrogens is 1. The molecule has 6 heterocycles. The summed E-state index contributed by atoms with van der Waals surface area (Å²) in [4.78, 5) is 46.2. The van der Waals surface area contributed by atoms with Gasteiger partial charge >= 0.3 is 0 Å². The first kappa shape index (κ1) is 29.1. The van der Waals surface area contributed by atoms with Gasteiger partial charge in [0.2, 0.25) is 0 Å². The maximum atomic E-state index is 13.1. The monoisotopic (exact) mass is 610 g/mol. The van der Waals surface area contributed by atoms with Crippen LogP contribution < -0.4 is 15.5 Å². The lowest BCUT2D eigenvalue weighted by Gasteiger charge is -2.35. The Morgan fingerprint density at radius 3 is 2.62 bits per heavy atom. The SMILES string of the molecule is C=C(F)C(=O)NC1CCCN(Cc2ccnc(C(=O)Nc3ccc(-c4cc5c(N6C7CCC6COC7)ncnc5[nH]4)cc3)c2)C1. The maximum Gasteiger partial charge on any atom is 0.279 e. The summed E-state index contributed by atoms with van der Waals surface area (Å²) in [6, 6.07) is 13.9. The van der Waals surface area contributed by atoms with Crippen LogP contribution in [0.3, 0.4) is 0 Å². The lowest BCUT2D eigenvalue weighted by Crippen LogP contribution is -2.47. The van der Waals surface area contributed by atoms with Crippen molar-refractivity contribution >= 4 is 34.4 Å². The Bertz CT molecular complexity index is 1730. The number of nitrogens with zero attached hydrogens (tertiary/aromatic N) is 5. The highest BCUT2D eigenvalue weighted by atomic mass is 19.1. The first-order valence-electron chi connectivity index (χ1n) is 15.4. The number of hydrogen-bond donors (Lipinski definition) is 3. The van der Waals surface area contributed by atoms with Crippen molar-refractivity contribution in [3.63, 3.8) is 0 Å². The van der Waals surface area contributed by atoms with Gasteiger partial charge in [0.25, 0.3) is 11.8 Å². The Balaban J connectivity index is 1.00. The van der Waals surface area contributed by atoms with Gasteiger partial charge in [-0.2, -0.15) is 0 Å². The van der Waals surface area contributed by atoms with E-state index in [4.69, 9.17) is 4.74 Å². The minimum absolute atomic E-state index is 0.148. The minimum Gasteiger partial charge on any atom is -0.377 e. The van der Waals surface area contributed by atoms with Crippen molar-refractivity contribution in [2.45, 2.75) is 50.4 Å². The average molecular weight is 611 g/mol. The number of piperidine rings is 1. The fourth-order valence-corrected chi connectivity index (χ4v) is 6.73. The van der Waals surface area contributed by atoms with Crippen LogP contribution in [0.25, 0.3) is 22.3 Å². The quantitative estimate of drug-likeness (QED) is 0.253. The normalized spacial score (nSPS) is 21.5. The number of amides is 2. The van der Waals surface area contributed by atoms with Crippen molar-refractivity contribution in [1.82, 2.24) is 30.2 Å². The second-order valence-electron chi connectivity index (χ2n) is 12.0. The molecule has 1 aromatic carbocycles. The number of rotatable bonds is 8. The number of halogens is 1. The number of carbonyl (C=O) groups excluding carboxylic acids is 2. The molecule has 3 aliphatic rings. The van der Waals surface area contributed by atoms with Gasteiger partial charge in [-0.1, -0.05) is 18.7 Å². The summed E-state index contributed by atoms with van der Waals surface area (Å²) in [6.45, 7) is 6.54. The molecule has 11 nitrogen and oxygen atoms in total. The molecule has 3 aromatic heterocycles. The number of benzene rings is 1. The average Bonchev–Trinajstić information content (AvgIpc) is 3.59. The highest BCUT2D eigenvalue weighted by molar-refractivity contribution is 6.03. The van der Waals surface area contributed by atoms with Crippen LogP contribution >= 0.6 is 0 Å². The van der Waals surface area contributed by atoms with Crippen LogP contribution in [0.5, 0.6) is 0 Å². The standard InChI is InChI=1S/C33H35FN8O3/c1-20(34)32(43)39-24-3-2-12-41(16-24)15-21-10-11-35-29(13-21)33(44)38-23-6-4-22(5-7-23)28-14-27-30(40-28)36-19-37-31(27)42-25-8-9-26(42)18-45-17-25/h4-7,10-11,13-14,19,24-26H,1-3,8-9,12,15-18H2,(H,38,44)(H,39,43)(H,36,37,40). The van der Waals surface area contributed by atoms with Crippen molar-refractivity contribution in [3.8, 4) is 11.3 Å². The molecule has 3 saturated heterocycles. The minimum atomic E-state index is -0.983. The van der Waals surface area contributed by atoms with Crippen molar-refractivity contribution in [1.29, 1.82) is 0 Å². The molecule has 2 amide bonds. The molecular formula is C33H35FN8O3. The molecule has 0 saturated carbocycles. The number of anilines is 2. The molecule has 2 bridgehead atoms. The van der Waals surface area contributed by atoms with E-state index in [1.807, 2.05) is 30.3 Å². The number of aromatic amines is 1. The summed E-state index contributed by atoms with van der Waals surface area (Å²) in [5, 5.41) is 6.62. The van der Waals surface area contributed by atoms with Gasteiger partial charge in [0.05, 0.1) is 30.7 Å². The fourth-order valence-electron chi connectivity index (χ4n) is 6.73. The molecule has 4 aromatic rings. The molecule has 12 heteroatoms. The molecule has 3 atom stereocenters. The van der Waals surface area contributed by atoms with E-state index in [2.05, 4.69) is 53.0 Å². The molecule has 3 N–H and O–H groups in total.